The van der Waals surface area contributed by atoms with E-state index in [0.717, 1.165) is 11.1 Å². The maximum atomic E-state index is 13.4. The van der Waals surface area contributed by atoms with E-state index in [2.05, 4.69) is 5.43 Å². The second kappa shape index (κ2) is 7.98. The molecular weight excluding hydrogens is 386 g/mol. The van der Waals surface area contributed by atoms with E-state index >= 15 is 0 Å². The van der Waals surface area contributed by atoms with E-state index in [1.54, 1.807) is 53.7 Å². The fourth-order valence-corrected chi connectivity index (χ4v) is 3.17. The highest BCUT2D eigenvalue weighted by atomic mass is 16.6. The number of Topliss-reactive ketones (excluding diaryl/α,β-unsaturated/α-hetero) is 1. The molecule has 0 fully saturated rings. The molecule has 1 unspecified atom stereocenters. The maximum absolute atomic E-state index is 13.4. The Labute approximate surface area is 177 Å². The van der Waals surface area contributed by atoms with E-state index in [1.807, 2.05) is 19.1 Å². The van der Waals surface area contributed by atoms with Crippen molar-refractivity contribution in [2.45, 2.75) is 78.0 Å². The molecular formula is C22H29N3O5. The molecule has 2 amide bonds. The summed E-state index contributed by atoms with van der Waals surface area (Å²) in [5.41, 5.74) is 0.703. The molecule has 2 rings (SSSR count). The van der Waals surface area contributed by atoms with Crippen LogP contribution in [0.3, 0.4) is 0 Å². The predicted molar refractivity (Wildman–Crippen MR) is 110 cm³/mol. The number of nitriles is 1. The molecule has 0 aliphatic heterocycles. The summed E-state index contributed by atoms with van der Waals surface area (Å²) in [6.07, 6.45) is -1.59. The Balaban J connectivity index is 2.50. The SMILES string of the molecule is Cc1ccc2c(c1)CCC(C#N)(N(NC(=O)OC(C)(C)C)C(=O)OC(C)(C)C)C2=O. The van der Waals surface area contributed by atoms with Gasteiger partial charge in [-0.25, -0.2) is 15.0 Å². The number of carbonyl (C=O) groups excluding carboxylic acids is 3. The first kappa shape index (κ1) is 23.2. The van der Waals surface area contributed by atoms with Gasteiger partial charge in [-0.3, -0.25) is 4.79 Å². The summed E-state index contributed by atoms with van der Waals surface area (Å²) in [7, 11) is 0. The molecule has 0 spiro atoms. The van der Waals surface area contributed by atoms with Gasteiger partial charge in [-0.2, -0.15) is 10.3 Å². The normalized spacial score (nSPS) is 18.7. The number of hydrogen-bond acceptors (Lipinski definition) is 6. The van der Waals surface area contributed by atoms with Gasteiger partial charge < -0.3 is 9.47 Å². The molecule has 8 heteroatoms. The van der Waals surface area contributed by atoms with Gasteiger partial charge in [-0.15, -0.1) is 0 Å². The minimum absolute atomic E-state index is 0.00777. The van der Waals surface area contributed by atoms with Crippen LogP contribution in [0, 0.1) is 18.3 Å². The zero-order chi connectivity index (χ0) is 22.9. The van der Waals surface area contributed by atoms with Crippen LogP contribution in [0.2, 0.25) is 0 Å². The zero-order valence-corrected chi connectivity index (χ0v) is 18.6. The van der Waals surface area contributed by atoms with Gasteiger partial charge in [0.2, 0.25) is 11.3 Å². The molecule has 0 aromatic heterocycles. The lowest BCUT2D eigenvalue weighted by atomic mass is 9.77. The summed E-state index contributed by atoms with van der Waals surface area (Å²) in [6.45, 7) is 11.8. The van der Waals surface area contributed by atoms with Crippen LogP contribution in [0.25, 0.3) is 0 Å². The largest absolute Gasteiger partial charge is 0.443 e. The summed E-state index contributed by atoms with van der Waals surface area (Å²) in [4.78, 5) is 38.8. The van der Waals surface area contributed by atoms with E-state index in [1.165, 1.54) is 0 Å². The summed E-state index contributed by atoms with van der Waals surface area (Å²) in [6, 6.07) is 7.25. The van der Waals surface area contributed by atoms with Crippen molar-refractivity contribution in [1.82, 2.24) is 10.4 Å². The van der Waals surface area contributed by atoms with Crippen molar-refractivity contribution in [1.29, 1.82) is 5.26 Å². The number of carbonyl (C=O) groups is 3. The predicted octanol–water partition coefficient (Wildman–Crippen LogP) is 4.06. The Kier molecular flexibility index (Phi) is 6.17. The second-order valence-electron chi connectivity index (χ2n) is 9.39. The number of ketones is 1. The molecule has 1 aliphatic rings. The van der Waals surface area contributed by atoms with Gasteiger partial charge in [0.15, 0.2) is 0 Å². The van der Waals surface area contributed by atoms with Crippen molar-refractivity contribution in [3.63, 3.8) is 0 Å². The Morgan fingerprint density at radius 3 is 2.27 bits per heavy atom. The molecule has 0 heterocycles. The Bertz CT molecular complexity index is 905. The van der Waals surface area contributed by atoms with Crippen LogP contribution < -0.4 is 5.43 Å². The molecule has 30 heavy (non-hydrogen) atoms. The highest BCUT2D eigenvalue weighted by Gasteiger charge is 2.52. The lowest BCUT2D eigenvalue weighted by molar-refractivity contribution is -0.0191. The van der Waals surface area contributed by atoms with Crippen LogP contribution in [-0.4, -0.2) is 39.7 Å². The topological polar surface area (TPSA) is 109 Å². The Morgan fingerprint density at radius 2 is 1.73 bits per heavy atom. The van der Waals surface area contributed by atoms with Crippen molar-refractivity contribution in [2.24, 2.45) is 0 Å². The number of rotatable bonds is 1. The van der Waals surface area contributed by atoms with Gasteiger partial charge >= 0.3 is 12.2 Å². The first-order chi connectivity index (χ1) is 13.7. The highest BCUT2D eigenvalue weighted by Crippen LogP contribution is 2.34. The average molecular weight is 415 g/mol. The molecule has 0 saturated carbocycles. The van der Waals surface area contributed by atoms with E-state index in [0.29, 0.717) is 17.0 Å². The van der Waals surface area contributed by atoms with Crippen LogP contribution in [-0.2, 0) is 15.9 Å². The van der Waals surface area contributed by atoms with Crippen LogP contribution in [0.1, 0.15) is 69.4 Å². The molecule has 162 valence electrons. The summed E-state index contributed by atoms with van der Waals surface area (Å²) >= 11 is 0. The molecule has 0 radical (unpaired) electrons. The lowest BCUT2D eigenvalue weighted by Crippen LogP contribution is -2.65. The first-order valence-corrected chi connectivity index (χ1v) is 9.77. The minimum Gasteiger partial charge on any atom is -0.443 e. The van der Waals surface area contributed by atoms with E-state index in [9.17, 15) is 19.6 Å². The smallest absolute Gasteiger partial charge is 0.431 e. The lowest BCUT2D eigenvalue weighted by Gasteiger charge is -2.40. The third-order valence-corrected chi connectivity index (χ3v) is 4.38. The monoisotopic (exact) mass is 415 g/mol. The number of nitrogens with one attached hydrogen (secondary N) is 1. The zero-order valence-electron chi connectivity index (χ0n) is 18.6. The van der Waals surface area contributed by atoms with Crippen molar-refractivity contribution < 1.29 is 23.9 Å². The van der Waals surface area contributed by atoms with E-state index in [-0.39, 0.29) is 6.42 Å². The fourth-order valence-electron chi connectivity index (χ4n) is 3.17. The molecule has 0 saturated heterocycles. The number of aryl methyl sites for hydroxylation is 2. The Morgan fingerprint density at radius 1 is 1.13 bits per heavy atom. The summed E-state index contributed by atoms with van der Waals surface area (Å²) in [5, 5.41) is 10.7. The first-order valence-electron chi connectivity index (χ1n) is 9.77. The molecule has 1 aromatic rings. The van der Waals surface area contributed by atoms with Gasteiger partial charge in [0, 0.05) is 5.56 Å². The van der Waals surface area contributed by atoms with Crippen molar-refractivity contribution in [3.05, 3.63) is 34.9 Å². The standard InChI is InChI=1S/C22H29N3O5/c1-14-8-9-16-15(12-14)10-11-22(13-23,17(16)26)25(19(28)30-21(5,6)7)24-18(27)29-20(2,3)4/h8-9,12H,10-11H2,1-7H3,(H,24,27). The number of ether oxygens (including phenoxy) is 2. The van der Waals surface area contributed by atoms with Gasteiger partial charge in [0.25, 0.3) is 0 Å². The molecule has 8 nitrogen and oxygen atoms in total. The maximum Gasteiger partial charge on any atom is 0.431 e. The van der Waals surface area contributed by atoms with Gasteiger partial charge in [0.1, 0.15) is 17.3 Å². The van der Waals surface area contributed by atoms with Crippen LogP contribution in [0.15, 0.2) is 18.2 Å². The summed E-state index contributed by atoms with van der Waals surface area (Å²) < 4.78 is 10.6. The minimum atomic E-state index is -1.96. The fraction of sp³-hybridized carbons (Fsp3) is 0.545. The van der Waals surface area contributed by atoms with Gasteiger partial charge in [-0.1, -0.05) is 23.8 Å². The average Bonchev–Trinajstić information content (AvgIpc) is 2.57. The molecule has 1 aliphatic carbocycles. The summed E-state index contributed by atoms with van der Waals surface area (Å²) in [5.74, 6) is -0.576. The van der Waals surface area contributed by atoms with Crippen molar-refractivity contribution in [3.8, 4) is 6.07 Å². The highest BCUT2D eigenvalue weighted by molar-refractivity contribution is 6.09. The third kappa shape index (κ3) is 5.09. The third-order valence-electron chi connectivity index (χ3n) is 4.38. The number of benzene rings is 1. The van der Waals surface area contributed by atoms with Gasteiger partial charge in [0.05, 0.1) is 0 Å². The number of hydrogen-bond donors (Lipinski definition) is 1. The van der Waals surface area contributed by atoms with Crippen LogP contribution in [0.5, 0.6) is 0 Å². The van der Waals surface area contributed by atoms with Gasteiger partial charge in [-0.05, 0) is 66.9 Å². The van der Waals surface area contributed by atoms with Crippen LogP contribution >= 0.6 is 0 Å². The molecule has 1 aromatic carbocycles. The quantitative estimate of drug-likeness (QED) is 0.693. The van der Waals surface area contributed by atoms with Crippen molar-refractivity contribution in [2.75, 3.05) is 0 Å². The number of amides is 2. The number of fused-ring (bicyclic) bond motifs is 1. The second-order valence-corrected chi connectivity index (χ2v) is 9.39. The van der Waals surface area contributed by atoms with E-state index < -0.39 is 34.7 Å². The Hall–Kier alpha value is -3.08. The van der Waals surface area contributed by atoms with Crippen LogP contribution in [0.4, 0.5) is 9.59 Å². The van der Waals surface area contributed by atoms with Crippen molar-refractivity contribution >= 4 is 18.0 Å². The molecule has 0 bridgehead atoms. The molecule has 1 atom stereocenters. The number of hydrazine groups is 1. The number of nitrogens with zero attached hydrogens (tertiary/aromatic N) is 2. The molecule has 1 N–H and O–H groups in total. The van der Waals surface area contributed by atoms with E-state index in [4.69, 9.17) is 9.47 Å².